The molecule has 0 aromatic carbocycles. The summed E-state index contributed by atoms with van der Waals surface area (Å²) in [6.07, 6.45) is 0.927. The Morgan fingerprint density at radius 3 is 2.90 bits per heavy atom. The van der Waals surface area contributed by atoms with Gasteiger partial charge >= 0.3 is 0 Å². The van der Waals surface area contributed by atoms with Crippen LogP contribution < -0.4 is 5.73 Å². The average Bonchev–Trinajstić information content (AvgIpc) is 1.97. The Morgan fingerprint density at radius 2 is 2.20 bits per heavy atom. The highest BCUT2D eigenvalue weighted by atomic mass is 35.5. The SMILES string of the molecule is CN1CCN=C(N)CC1.Cl. The van der Waals surface area contributed by atoms with Crippen LogP contribution in [0.3, 0.4) is 0 Å². The molecule has 0 aromatic rings. The number of hydrogen-bond donors (Lipinski definition) is 1. The van der Waals surface area contributed by atoms with Crippen LogP contribution in [0.5, 0.6) is 0 Å². The van der Waals surface area contributed by atoms with E-state index in [1.807, 2.05) is 0 Å². The summed E-state index contributed by atoms with van der Waals surface area (Å²) in [5.41, 5.74) is 5.52. The van der Waals surface area contributed by atoms with Crippen LogP contribution in [0.4, 0.5) is 0 Å². The monoisotopic (exact) mass is 163 g/mol. The van der Waals surface area contributed by atoms with Crippen molar-refractivity contribution in [3.8, 4) is 0 Å². The standard InChI is InChI=1S/C6H13N3.ClH/c1-9-4-2-6(7)8-3-5-9;/h2-5H2,1H3,(H2,7,8);1H. The Balaban J connectivity index is 0.000000810. The minimum absolute atomic E-state index is 0. The lowest BCUT2D eigenvalue weighted by molar-refractivity contribution is 0.361. The van der Waals surface area contributed by atoms with Crippen molar-refractivity contribution in [3.63, 3.8) is 0 Å². The van der Waals surface area contributed by atoms with Crippen LogP contribution in [0.15, 0.2) is 4.99 Å². The first-order valence-corrected chi connectivity index (χ1v) is 3.26. The van der Waals surface area contributed by atoms with E-state index in [1.54, 1.807) is 0 Å². The Hall–Kier alpha value is -0.280. The van der Waals surface area contributed by atoms with E-state index < -0.39 is 0 Å². The zero-order chi connectivity index (χ0) is 6.69. The molecule has 60 valence electrons. The first-order valence-electron chi connectivity index (χ1n) is 3.26. The first-order chi connectivity index (χ1) is 4.29. The highest BCUT2D eigenvalue weighted by molar-refractivity contribution is 5.85. The second-order valence-electron chi connectivity index (χ2n) is 2.43. The van der Waals surface area contributed by atoms with Crippen molar-refractivity contribution in [1.82, 2.24) is 4.90 Å². The molecule has 1 heterocycles. The van der Waals surface area contributed by atoms with Crippen molar-refractivity contribution in [2.45, 2.75) is 6.42 Å². The van der Waals surface area contributed by atoms with Gasteiger partial charge in [-0.25, -0.2) is 0 Å². The summed E-state index contributed by atoms with van der Waals surface area (Å²) in [6.45, 7) is 2.96. The molecule has 0 aromatic heterocycles. The number of amidine groups is 1. The lowest BCUT2D eigenvalue weighted by atomic mass is 10.4. The van der Waals surface area contributed by atoms with Gasteiger partial charge in [-0.3, -0.25) is 4.99 Å². The molecule has 1 rings (SSSR count). The molecule has 4 heteroatoms. The van der Waals surface area contributed by atoms with Gasteiger partial charge in [0.25, 0.3) is 0 Å². The molecule has 0 radical (unpaired) electrons. The van der Waals surface area contributed by atoms with E-state index in [-0.39, 0.29) is 12.4 Å². The molecule has 0 bridgehead atoms. The maximum absolute atomic E-state index is 5.52. The van der Waals surface area contributed by atoms with Gasteiger partial charge in [-0.2, -0.15) is 0 Å². The lowest BCUT2D eigenvalue weighted by Gasteiger charge is -2.10. The lowest BCUT2D eigenvalue weighted by Crippen LogP contribution is -2.22. The minimum atomic E-state index is 0. The van der Waals surface area contributed by atoms with Crippen LogP contribution in [-0.4, -0.2) is 37.4 Å². The van der Waals surface area contributed by atoms with Crippen molar-refractivity contribution in [2.24, 2.45) is 10.7 Å². The van der Waals surface area contributed by atoms with Crippen molar-refractivity contribution in [3.05, 3.63) is 0 Å². The molecule has 0 saturated heterocycles. The predicted molar refractivity (Wildman–Crippen MR) is 45.9 cm³/mol. The van der Waals surface area contributed by atoms with Gasteiger partial charge in [-0.05, 0) is 7.05 Å². The number of likely N-dealkylation sites (N-methyl/N-ethyl adjacent to an activating group) is 1. The van der Waals surface area contributed by atoms with E-state index in [2.05, 4.69) is 16.9 Å². The quantitative estimate of drug-likeness (QED) is 0.551. The number of nitrogens with two attached hydrogens (primary N) is 1. The maximum Gasteiger partial charge on any atom is 0.0950 e. The number of nitrogens with zero attached hydrogens (tertiary/aromatic N) is 2. The van der Waals surface area contributed by atoms with Gasteiger partial charge in [-0.1, -0.05) is 0 Å². The molecule has 3 nitrogen and oxygen atoms in total. The molecule has 0 amide bonds. The summed E-state index contributed by atoms with van der Waals surface area (Å²) in [7, 11) is 2.09. The highest BCUT2D eigenvalue weighted by Gasteiger charge is 2.02. The molecule has 0 unspecified atom stereocenters. The summed E-state index contributed by atoms with van der Waals surface area (Å²) in [4.78, 5) is 6.37. The van der Waals surface area contributed by atoms with Gasteiger partial charge in [-0.15, -0.1) is 12.4 Å². The maximum atomic E-state index is 5.52. The molecule has 0 aliphatic carbocycles. The largest absolute Gasteiger partial charge is 0.387 e. The summed E-state index contributed by atoms with van der Waals surface area (Å²) in [5.74, 6) is 0.805. The Kier molecular flexibility index (Phi) is 4.40. The third kappa shape index (κ3) is 3.03. The summed E-state index contributed by atoms with van der Waals surface area (Å²) < 4.78 is 0. The van der Waals surface area contributed by atoms with E-state index in [0.29, 0.717) is 0 Å². The van der Waals surface area contributed by atoms with Crippen LogP contribution in [0.25, 0.3) is 0 Å². The van der Waals surface area contributed by atoms with E-state index in [9.17, 15) is 0 Å². The Morgan fingerprint density at radius 1 is 1.50 bits per heavy atom. The second kappa shape index (κ2) is 4.52. The van der Waals surface area contributed by atoms with Gasteiger partial charge in [0.1, 0.15) is 0 Å². The summed E-state index contributed by atoms with van der Waals surface area (Å²) in [6, 6.07) is 0. The van der Waals surface area contributed by atoms with Crippen LogP contribution in [0.2, 0.25) is 0 Å². The van der Waals surface area contributed by atoms with E-state index in [1.165, 1.54) is 0 Å². The van der Waals surface area contributed by atoms with Crippen molar-refractivity contribution in [1.29, 1.82) is 0 Å². The highest BCUT2D eigenvalue weighted by Crippen LogP contribution is 1.92. The van der Waals surface area contributed by atoms with Crippen LogP contribution >= 0.6 is 12.4 Å². The molecule has 1 aliphatic heterocycles. The van der Waals surface area contributed by atoms with Gasteiger partial charge in [0, 0.05) is 19.5 Å². The fourth-order valence-electron chi connectivity index (χ4n) is 0.861. The molecular formula is C6H14ClN3. The molecule has 0 spiro atoms. The smallest absolute Gasteiger partial charge is 0.0950 e. The number of aliphatic imine (C=N–C) groups is 1. The number of rotatable bonds is 0. The van der Waals surface area contributed by atoms with Crippen LogP contribution in [0, 0.1) is 0 Å². The van der Waals surface area contributed by atoms with Gasteiger partial charge in [0.15, 0.2) is 0 Å². The summed E-state index contributed by atoms with van der Waals surface area (Å²) in [5, 5.41) is 0. The third-order valence-corrected chi connectivity index (χ3v) is 1.55. The third-order valence-electron chi connectivity index (χ3n) is 1.55. The number of halogens is 1. The van der Waals surface area contributed by atoms with Gasteiger partial charge in [0.2, 0.25) is 0 Å². The van der Waals surface area contributed by atoms with Gasteiger partial charge in [0.05, 0.1) is 12.4 Å². The van der Waals surface area contributed by atoms with Crippen molar-refractivity contribution < 1.29 is 0 Å². The number of hydrogen-bond acceptors (Lipinski definition) is 3. The molecule has 0 fully saturated rings. The predicted octanol–water partition coefficient (Wildman–Crippen LogP) is 0.101. The topological polar surface area (TPSA) is 41.6 Å². The van der Waals surface area contributed by atoms with Crippen LogP contribution in [0.1, 0.15) is 6.42 Å². The second-order valence-corrected chi connectivity index (χ2v) is 2.43. The Labute approximate surface area is 67.7 Å². The molecular weight excluding hydrogens is 150 g/mol. The fraction of sp³-hybridized carbons (Fsp3) is 0.833. The van der Waals surface area contributed by atoms with E-state index in [0.717, 1.165) is 31.9 Å². The molecule has 1 aliphatic rings. The molecule has 0 atom stereocenters. The fourth-order valence-corrected chi connectivity index (χ4v) is 0.861. The van der Waals surface area contributed by atoms with E-state index >= 15 is 0 Å². The normalized spacial score (nSPS) is 20.7. The van der Waals surface area contributed by atoms with Gasteiger partial charge < -0.3 is 10.6 Å². The Bertz CT molecular complexity index is 124. The van der Waals surface area contributed by atoms with Crippen LogP contribution in [-0.2, 0) is 0 Å². The molecule has 2 N–H and O–H groups in total. The molecule has 0 saturated carbocycles. The minimum Gasteiger partial charge on any atom is -0.387 e. The summed E-state index contributed by atoms with van der Waals surface area (Å²) >= 11 is 0. The zero-order valence-corrected chi connectivity index (χ0v) is 7.02. The first kappa shape index (κ1) is 9.72. The molecule has 10 heavy (non-hydrogen) atoms. The average molecular weight is 164 g/mol. The van der Waals surface area contributed by atoms with E-state index in [4.69, 9.17) is 5.73 Å². The van der Waals surface area contributed by atoms with Crippen molar-refractivity contribution >= 4 is 18.2 Å². The van der Waals surface area contributed by atoms with Crippen molar-refractivity contribution in [2.75, 3.05) is 26.7 Å². The zero-order valence-electron chi connectivity index (χ0n) is 6.21.